The molecule has 2 atom stereocenters. The summed E-state index contributed by atoms with van der Waals surface area (Å²) in [7, 11) is 0. The third kappa shape index (κ3) is 6.96. The molecule has 160 valence electrons. The summed E-state index contributed by atoms with van der Waals surface area (Å²) >= 11 is 0. The molecule has 8 heteroatoms. The normalized spacial score (nSPS) is 21.0. The van der Waals surface area contributed by atoms with Crippen molar-refractivity contribution in [2.75, 3.05) is 19.6 Å². The summed E-state index contributed by atoms with van der Waals surface area (Å²) in [5.74, 6) is -3.04. The van der Waals surface area contributed by atoms with Gasteiger partial charge in [0.05, 0.1) is 18.3 Å². The van der Waals surface area contributed by atoms with Crippen molar-refractivity contribution in [1.82, 2.24) is 20.9 Å². The van der Waals surface area contributed by atoms with Gasteiger partial charge in [-0.15, -0.1) is 0 Å². The molecule has 2 aliphatic rings. The molecule has 1 fully saturated rings. The van der Waals surface area contributed by atoms with Crippen LogP contribution in [0, 0.1) is 0 Å². The minimum atomic E-state index is -2.80. The van der Waals surface area contributed by atoms with E-state index in [9.17, 15) is 13.6 Å². The SMILES string of the molecule is C=C(O)CCC(=C)NCC1C=C(C(=C)NC(C)C(=O)N2CCC(F)(F)C2)C=CN1. The van der Waals surface area contributed by atoms with Gasteiger partial charge in [-0.25, -0.2) is 8.78 Å². The molecule has 0 saturated carbocycles. The van der Waals surface area contributed by atoms with E-state index < -0.39 is 18.5 Å². The topological polar surface area (TPSA) is 76.6 Å². The molecule has 0 aromatic carbocycles. The van der Waals surface area contributed by atoms with E-state index in [1.807, 2.05) is 12.2 Å². The van der Waals surface area contributed by atoms with Crippen molar-refractivity contribution in [3.05, 3.63) is 60.8 Å². The summed E-state index contributed by atoms with van der Waals surface area (Å²) < 4.78 is 26.7. The highest BCUT2D eigenvalue weighted by Crippen LogP contribution is 2.27. The van der Waals surface area contributed by atoms with Crippen molar-refractivity contribution in [2.45, 2.75) is 44.2 Å². The Kier molecular flexibility index (Phi) is 7.47. The Bertz CT molecular complexity index is 730. The van der Waals surface area contributed by atoms with E-state index >= 15 is 0 Å². The van der Waals surface area contributed by atoms with Gasteiger partial charge in [0, 0.05) is 37.3 Å². The van der Waals surface area contributed by atoms with Gasteiger partial charge in [-0.1, -0.05) is 25.8 Å². The average Bonchev–Trinajstić information content (AvgIpc) is 3.03. The number of rotatable bonds is 10. The smallest absolute Gasteiger partial charge is 0.267 e. The van der Waals surface area contributed by atoms with Crippen molar-refractivity contribution in [2.24, 2.45) is 0 Å². The van der Waals surface area contributed by atoms with Gasteiger partial charge in [0.25, 0.3) is 5.92 Å². The number of likely N-dealkylation sites (tertiary alicyclic amines) is 1. The first-order valence-electron chi connectivity index (χ1n) is 9.62. The number of amides is 1. The third-order valence-corrected chi connectivity index (χ3v) is 4.83. The molecule has 2 heterocycles. The highest BCUT2D eigenvalue weighted by Gasteiger charge is 2.41. The first-order chi connectivity index (χ1) is 13.6. The maximum Gasteiger partial charge on any atom is 0.267 e. The Hall–Kier alpha value is -2.77. The lowest BCUT2D eigenvalue weighted by Crippen LogP contribution is -2.44. The van der Waals surface area contributed by atoms with Crippen LogP contribution in [-0.2, 0) is 4.79 Å². The molecule has 0 spiro atoms. The van der Waals surface area contributed by atoms with Crippen molar-refractivity contribution < 1.29 is 18.7 Å². The first kappa shape index (κ1) is 22.5. The van der Waals surface area contributed by atoms with Crippen LogP contribution in [0.2, 0.25) is 0 Å². The number of aliphatic hydroxyl groups excluding tert-OH is 1. The van der Waals surface area contributed by atoms with E-state index in [4.69, 9.17) is 5.11 Å². The van der Waals surface area contributed by atoms with E-state index in [1.54, 1.807) is 13.1 Å². The second-order valence-electron chi connectivity index (χ2n) is 7.49. The largest absolute Gasteiger partial charge is 0.513 e. The van der Waals surface area contributed by atoms with Crippen molar-refractivity contribution in [1.29, 1.82) is 0 Å². The molecule has 6 nitrogen and oxygen atoms in total. The predicted molar refractivity (Wildman–Crippen MR) is 110 cm³/mol. The molecule has 0 radical (unpaired) electrons. The summed E-state index contributed by atoms with van der Waals surface area (Å²) in [5.41, 5.74) is 2.16. The van der Waals surface area contributed by atoms with Crippen molar-refractivity contribution >= 4 is 5.91 Å². The Labute approximate surface area is 170 Å². The number of dihydropyridines is 1. The van der Waals surface area contributed by atoms with E-state index in [0.717, 1.165) is 11.3 Å². The molecule has 0 aromatic heterocycles. The number of hydrogen-bond acceptors (Lipinski definition) is 5. The second kappa shape index (κ2) is 9.62. The Balaban J connectivity index is 1.84. The van der Waals surface area contributed by atoms with Gasteiger partial charge in [0.1, 0.15) is 6.04 Å². The molecule has 1 saturated heterocycles. The summed E-state index contributed by atoms with van der Waals surface area (Å²) in [4.78, 5) is 13.6. The Morgan fingerprint density at radius 2 is 2.14 bits per heavy atom. The lowest BCUT2D eigenvalue weighted by molar-refractivity contribution is -0.133. The molecule has 2 aliphatic heterocycles. The van der Waals surface area contributed by atoms with E-state index in [0.29, 0.717) is 25.1 Å². The van der Waals surface area contributed by atoms with Crippen LogP contribution in [0.25, 0.3) is 0 Å². The van der Waals surface area contributed by atoms with Crippen LogP contribution >= 0.6 is 0 Å². The van der Waals surface area contributed by atoms with Crippen LogP contribution in [0.15, 0.2) is 60.8 Å². The summed E-state index contributed by atoms with van der Waals surface area (Å²) in [5, 5.41) is 18.6. The Morgan fingerprint density at radius 1 is 1.41 bits per heavy atom. The highest BCUT2D eigenvalue weighted by atomic mass is 19.3. The number of nitrogens with one attached hydrogen (secondary N) is 3. The van der Waals surface area contributed by atoms with Gasteiger partial charge in [-0.3, -0.25) is 4.79 Å². The van der Waals surface area contributed by atoms with Gasteiger partial charge in [0.2, 0.25) is 5.91 Å². The van der Waals surface area contributed by atoms with Crippen LogP contribution in [0.3, 0.4) is 0 Å². The molecule has 2 unspecified atom stereocenters. The van der Waals surface area contributed by atoms with Crippen LogP contribution in [0.4, 0.5) is 8.78 Å². The van der Waals surface area contributed by atoms with E-state index in [2.05, 4.69) is 35.7 Å². The zero-order valence-corrected chi connectivity index (χ0v) is 16.8. The molecule has 2 rings (SSSR count). The number of nitrogens with zero attached hydrogens (tertiary/aromatic N) is 1. The molecular formula is C21H30F2N4O2. The number of halogens is 2. The maximum absolute atomic E-state index is 13.3. The molecule has 0 bridgehead atoms. The van der Waals surface area contributed by atoms with Gasteiger partial charge in [-0.05, 0) is 31.2 Å². The zero-order chi connectivity index (χ0) is 21.6. The number of carbonyl (C=O) groups is 1. The Morgan fingerprint density at radius 3 is 2.76 bits per heavy atom. The average molecular weight is 408 g/mol. The lowest BCUT2D eigenvalue weighted by atomic mass is 10.1. The molecule has 1 amide bonds. The number of alkyl halides is 2. The lowest BCUT2D eigenvalue weighted by Gasteiger charge is -2.25. The zero-order valence-electron chi connectivity index (χ0n) is 16.8. The first-order valence-corrected chi connectivity index (χ1v) is 9.62. The fourth-order valence-electron chi connectivity index (χ4n) is 3.14. The molecule has 4 N–H and O–H groups in total. The minimum Gasteiger partial charge on any atom is -0.513 e. The van der Waals surface area contributed by atoms with Crippen LogP contribution in [-0.4, -0.2) is 53.6 Å². The van der Waals surface area contributed by atoms with Gasteiger partial charge < -0.3 is 26.0 Å². The second-order valence-corrected chi connectivity index (χ2v) is 7.49. The van der Waals surface area contributed by atoms with Gasteiger partial charge in [-0.2, -0.15) is 0 Å². The summed E-state index contributed by atoms with van der Waals surface area (Å²) in [6, 6.07) is -0.672. The van der Waals surface area contributed by atoms with Crippen LogP contribution in [0.5, 0.6) is 0 Å². The van der Waals surface area contributed by atoms with Crippen LogP contribution in [0.1, 0.15) is 26.2 Å². The van der Waals surface area contributed by atoms with Gasteiger partial charge in [0.15, 0.2) is 0 Å². The molecular weight excluding hydrogens is 378 g/mol. The highest BCUT2D eigenvalue weighted by molar-refractivity contribution is 5.82. The molecule has 29 heavy (non-hydrogen) atoms. The third-order valence-electron chi connectivity index (χ3n) is 4.83. The number of allylic oxidation sites excluding steroid dienone is 3. The standard InChI is InChI=1S/C21H30F2N4O2/c1-14(5-6-15(2)28)25-12-19-11-18(7-9-24-19)16(3)26-17(4)20(29)27-10-8-21(22,23)13-27/h7,9,11,17,19,24-26,28H,1-3,5-6,8,10,12-13H2,4H3. The fourth-order valence-corrected chi connectivity index (χ4v) is 3.14. The summed E-state index contributed by atoms with van der Waals surface area (Å²) in [6.45, 7) is 13.1. The van der Waals surface area contributed by atoms with Crippen molar-refractivity contribution in [3.63, 3.8) is 0 Å². The quantitative estimate of drug-likeness (QED) is 0.418. The number of aliphatic hydroxyl groups is 1. The fraction of sp³-hybridized carbons (Fsp3) is 0.476. The summed E-state index contributed by atoms with van der Waals surface area (Å²) in [6.07, 6.45) is 6.34. The number of carbonyl (C=O) groups excluding carboxylic acids is 1. The van der Waals surface area contributed by atoms with Gasteiger partial charge >= 0.3 is 0 Å². The maximum atomic E-state index is 13.3. The van der Waals surface area contributed by atoms with E-state index in [-0.39, 0.29) is 30.7 Å². The van der Waals surface area contributed by atoms with Crippen molar-refractivity contribution in [3.8, 4) is 0 Å². The molecule has 0 aromatic rings. The molecule has 0 aliphatic carbocycles. The predicted octanol–water partition coefficient (Wildman–Crippen LogP) is 2.71. The van der Waals surface area contributed by atoms with E-state index in [1.165, 1.54) is 4.90 Å². The minimum absolute atomic E-state index is 0.0223. The van der Waals surface area contributed by atoms with Crippen LogP contribution < -0.4 is 16.0 Å². The number of hydrogen-bond donors (Lipinski definition) is 4. The monoisotopic (exact) mass is 408 g/mol.